The summed E-state index contributed by atoms with van der Waals surface area (Å²) in [5, 5.41) is 14.7. The second kappa shape index (κ2) is 5.53. The minimum absolute atomic E-state index is 0.517. The van der Waals surface area contributed by atoms with Gasteiger partial charge in [0.05, 0.1) is 13.3 Å². The second-order valence-corrected chi connectivity index (χ2v) is 4.05. The van der Waals surface area contributed by atoms with E-state index in [2.05, 4.69) is 20.5 Å². The molecule has 0 bridgehead atoms. The Balaban J connectivity index is 1.95. The van der Waals surface area contributed by atoms with Gasteiger partial charge in [0, 0.05) is 11.6 Å². The van der Waals surface area contributed by atoms with Crippen molar-refractivity contribution in [3.8, 4) is 6.19 Å². The zero-order chi connectivity index (χ0) is 12.1. The smallest absolute Gasteiger partial charge is 0.207 e. The Morgan fingerprint density at radius 3 is 3.00 bits per heavy atom. The molecule has 6 heteroatoms. The van der Waals surface area contributed by atoms with E-state index in [0.717, 1.165) is 17.1 Å². The number of nitrogens with one attached hydrogen (secondary N) is 2. The summed E-state index contributed by atoms with van der Waals surface area (Å²) in [4.78, 5) is 6.27. The topological polar surface area (TPSA) is 63.5 Å². The molecule has 1 aliphatic rings. The normalized spacial score (nSPS) is 15.6. The first-order chi connectivity index (χ1) is 8.29. The maximum atomic E-state index is 8.44. The van der Waals surface area contributed by atoms with E-state index in [-0.39, 0.29) is 0 Å². The summed E-state index contributed by atoms with van der Waals surface area (Å²) >= 11 is 6.08. The lowest BCUT2D eigenvalue weighted by Gasteiger charge is -2.26. The van der Waals surface area contributed by atoms with Crippen molar-refractivity contribution < 1.29 is 0 Å². The van der Waals surface area contributed by atoms with E-state index in [1.807, 2.05) is 30.5 Å². The van der Waals surface area contributed by atoms with Crippen molar-refractivity contribution in [1.29, 1.82) is 5.26 Å². The van der Waals surface area contributed by atoms with Gasteiger partial charge < -0.3 is 5.32 Å². The highest BCUT2D eigenvalue weighted by atomic mass is 35.5. The molecule has 0 aromatic heterocycles. The fraction of sp³-hybridized carbons (Fsp3) is 0.273. The number of guanidine groups is 1. The van der Waals surface area contributed by atoms with Gasteiger partial charge in [-0.3, -0.25) is 10.2 Å². The maximum Gasteiger partial charge on any atom is 0.207 e. The molecule has 1 aliphatic heterocycles. The second-order valence-electron chi connectivity index (χ2n) is 3.64. The molecule has 1 aromatic rings. The van der Waals surface area contributed by atoms with Crippen LogP contribution in [0.15, 0.2) is 29.3 Å². The van der Waals surface area contributed by atoms with Crippen molar-refractivity contribution in [3.05, 3.63) is 34.9 Å². The van der Waals surface area contributed by atoms with Crippen LogP contribution in [0.4, 0.5) is 0 Å². The van der Waals surface area contributed by atoms with E-state index in [0.29, 0.717) is 19.3 Å². The van der Waals surface area contributed by atoms with E-state index in [1.54, 1.807) is 0 Å². The van der Waals surface area contributed by atoms with Gasteiger partial charge in [0.25, 0.3) is 0 Å². The largest absolute Gasteiger partial charge is 0.343 e. The van der Waals surface area contributed by atoms with Gasteiger partial charge in [0.2, 0.25) is 5.96 Å². The Kier molecular flexibility index (Phi) is 3.81. The number of aliphatic imine (C=N–C) groups is 1. The highest BCUT2D eigenvalue weighted by Crippen LogP contribution is 2.16. The van der Waals surface area contributed by atoms with Crippen molar-refractivity contribution in [3.63, 3.8) is 0 Å². The van der Waals surface area contributed by atoms with Gasteiger partial charge in [-0.1, -0.05) is 29.8 Å². The van der Waals surface area contributed by atoms with Crippen LogP contribution >= 0.6 is 11.6 Å². The minimum atomic E-state index is 0.517. The monoisotopic (exact) mass is 249 g/mol. The van der Waals surface area contributed by atoms with E-state index in [4.69, 9.17) is 16.9 Å². The summed E-state index contributed by atoms with van der Waals surface area (Å²) in [7, 11) is 0. The lowest BCUT2D eigenvalue weighted by molar-refractivity contribution is 0.255. The van der Waals surface area contributed by atoms with Crippen molar-refractivity contribution >= 4 is 17.6 Å². The lowest BCUT2D eigenvalue weighted by Crippen LogP contribution is -2.47. The van der Waals surface area contributed by atoms with Crippen LogP contribution in [0.1, 0.15) is 5.56 Å². The first-order valence-electron chi connectivity index (χ1n) is 5.19. The van der Waals surface area contributed by atoms with E-state index in [9.17, 15) is 0 Å². The molecule has 0 saturated carbocycles. The SMILES string of the molecule is N#CNC1=NCN(Cc2ccccc2Cl)CN1. The van der Waals surface area contributed by atoms with Gasteiger partial charge >= 0.3 is 0 Å². The fourth-order valence-corrected chi connectivity index (χ4v) is 1.77. The van der Waals surface area contributed by atoms with Gasteiger partial charge in [0.1, 0.15) is 0 Å². The molecule has 0 radical (unpaired) electrons. The molecule has 1 heterocycles. The van der Waals surface area contributed by atoms with Gasteiger partial charge in [-0.15, -0.1) is 0 Å². The molecule has 0 saturated heterocycles. The summed E-state index contributed by atoms with van der Waals surface area (Å²) in [6, 6.07) is 7.74. The number of halogens is 1. The van der Waals surface area contributed by atoms with Crippen LogP contribution in [-0.2, 0) is 6.54 Å². The third-order valence-electron chi connectivity index (χ3n) is 2.43. The van der Waals surface area contributed by atoms with Crippen LogP contribution in [0.2, 0.25) is 5.02 Å². The van der Waals surface area contributed by atoms with E-state index >= 15 is 0 Å². The first kappa shape index (κ1) is 11.7. The van der Waals surface area contributed by atoms with Gasteiger partial charge in [-0.05, 0) is 11.6 Å². The summed E-state index contributed by atoms with van der Waals surface area (Å²) in [5.41, 5.74) is 1.07. The zero-order valence-electron chi connectivity index (χ0n) is 9.15. The van der Waals surface area contributed by atoms with E-state index in [1.165, 1.54) is 0 Å². The highest BCUT2D eigenvalue weighted by Gasteiger charge is 2.12. The Morgan fingerprint density at radius 1 is 1.53 bits per heavy atom. The highest BCUT2D eigenvalue weighted by molar-refractivity contribution is 6.31. The predicted molar refractivity (Wildman–Crippen MR) is 66.0 cm³/mol. The third kappa shape index (κ3) is 3.09. The first-order valence-corrected chi connectivity index (χ1v) is 5.56. The summed E-state index contributed by atoms with van der Waals surface area (Å²) in [6.45, 7) is 1.91. The molecule has 0 spiro atoms. The Hall–Kier alpha value is -1.77. The third-order valence-corrected chi connectivity index (χ3v) is 2.79. The molecular formula is C11H12ClN5. The molecule has 1 aromatic carbocycles. The van der Waals surface area contributed by atoms with Gasteiger partial charge in [-0.25, -0.2) is 4.99 Å². The molecule has 0 unspecified atom stereocenters. The van der Waals surface area contributed by atoms with Crippen LogP contribution in [0.5, 0.6) is 0 Å². The molecule has 0 amide bonds. The molecule has 0 aliphatic carbocycles. The average molecular weight is 250 g/mol. The van der Waals surface area contributed by atoms with Crippen LogP contribution in [0.3, 0.4) is 0 Å². The molecular weight excluding hydrogens is 238 g/mol. The molecule has 17 heavy (non-hydrogen) atoms. The van der Waals surface area contributed by atoms with Crippen LogP contribution in [-0.4, -0.2) is 24.2 Å². The number of nitriles is 1. The molecule has 2 rings (SSSR count). The molecule has 5 nitrogen and oxygen atoms in total. The fourth-order valence-electron chi connectivity index (χ4n) is 1.57. The molecule has 2 N–H and O–H groups in total. The van der Waals surface area contributed by atoms with Crippen LogP contribution < -0.4 is 10.6 Å². The number of benzene rings is 1. The standard InChI is InChI=1S/C11H12ClN5/c12-10-4-2-1-3-9(10)5-17-7-15-11(14-6-13)16-8-17/h1-4H,5,7-8H2,(H2,14,15,16). The zero-order valence-corrected chi connectivity index (χ0v) is 9.91. The Bertz CT molecular complexity index is 465. The number of nitrogens with zero attached hydrogens (tertiary/aromatic N) is 3. The molecule has 0 fully saturated rings. The summed E-state index contributed by atoms with van der Waals surface area (Å²) < 4.78 is 0. The predicted octanol–water partition coefficient (Wildman–Crippen LogP) is 1.09. The van der Waals surface area contributed by atoms with Gasteiger partial charge in [-0.2, -0.15) is 5.26 Å². The Morgan fingerprint density at radius 2 is 2.35 bits per heavy atom. The van der Waals surface area contributed by atoms with Crippen molar-refractivity contribution in [2.24, 2.45) is 4.99 Å². The quantitative estimate of drug-likeness (QED) is 0.608. The number of hydrogen-bond acceptors (Lipinski definition) is 5. The Labute approximate surface area is 105 Å². The number of hydrogen-bond donors (Lipinski definition) is 2. The van der Waals surface area contributed by atoms with Crippen LogP contribution in [0, 0.1) is 11.5 Å². The summed E-state index contributed by atoms with van der Waals surface area (Å²) in [6.07, 6.45) is 1.83. The van der Waals surface area contributed by atoms with Crippen molar-refractivity contribution in [1.82, 2.24) is 15.5 Å². The average Bonchev–Trinajstić information content (AvgIpc) is 2.35. The molecule has 88 valence electrons. The summed E-state index contributed by atoms with van der Waals surface area (Å²) in [5.74, 6) is 0.517. The van der Waals surface area contributed by atoms with Crippen molar-refractivity contribution in [2.75, 3.05) is 13.3 Å². The minimum Gasteiger partial charge on any atom is -0.343 e. The lowest BCUT2D eigenvalue weighted by atomic mass is 10.2. The van der Waals surface area contributed by atoms with Crippen LogP contribution in [0.25, 0.3) is 0 Å². The maximum absolute atomic E-state index is 8.44. The van der Waals surface area contributed by atoms with Gasteiger partial charge in [0.15, 0.2) is 6.19 Å². The number of rotatable bonds is 2. The molecule has 0 atom stereocenters. The van der Waals surface area contributed by atoms with Crippen molar-refractivity contribution in [2.45, 2.75) is 6.54 Å². The van der Waals surface area contributed by atoms with E-state index < -0.39 is 0 Å².